The van der Waals surface area contributed by atoms with Crippen molar-refractivity contribution in [1.82, 2.24) is 14.6 Å². The van der Waals surface area contributed by atoms with E-state index in [2.05, 4.69) is 14.8 Å². The van der Waals surface area contributed by atoms with Crippen molar-refractivity contribution >= 4 is 13.7 Å². The third kappa shape index (κ3) is 6.32. The molecule has 1 aliphatic heterocycles. The summed E-state index contributed by atoms with van der Waals surface area (Å²) in [6.45, 7) is 4.85. The van der Waals surface area contributed by atoms with Crippen LogP contribution in [0.15, 0.2) is 52.2 Å². The first-order valence-corrected chi connectivity index (χ1v) is 12.2. The molecule has 34 heavy (non-hydrogen) atoms. The number of aryl methyl sites for hydroxylation is 2. The van der Waals surface area contributed by atoms with Gasteiger partial charge in [0.25, 0.3) is 5.56 Å². The van der Waals surface area contributed by atoms with Crippen molar-refractivity contribution in [2.75, 3.05) is 13.7 Å². The smallest absolute Gasteiger partial charge is 0.459 e. The molecule has 0 fully saturated rings. The van der Waals surface area contributed by atoms with Crippen LogP contribution in [-0.2, 0) is 29.8 Å². The Hall–Kier alpha value is -2.98. The van der Waals surface area contributed by atoms with Crippen molar-refractivity contribution in [2.45, 2.75) is 45.6 Å². The van der Waals surface area contributed by atoms with Gasteiger partial charge in [0.1, 0.15) is 17.9 Å². The minimum absolute atomic E-state index is 0.199. The van der Waals surface area contributed by atoms with Crippen molar-refractivity contribution in [2.24, 2.45) is 0 Å². The number of hydrogen-bond donors (Lipinski definition) is 2. The van der Waals surface area contributed by atoms with Crippen LogP contribution in [0.3, 0.4) is 0 Å². The van der Waals surface area contributed by atoms with Crippen molar-refractivity contribution in [3.05, 3.63) is 74.6 Å². The third-order valence-corrected chi connectivity index (χ3v) is 6.74. The second kappa shape index (κ2) is 11.0. The second-order valence-electron chi connectivity index (χ2n) is 7.68. The summed E-state index contributed by atoms with van der Waals surface area (Å²) in [7, 11) is -2.82. The van der Waals surface area contributed by atoms with Gasteiger partial charge in [0.2, 0.25) is 0 Å². The number of carbonyl (C=O) groups is 1. The number of methoxy groups -OCH3 is 1. The van der Waals surface area contributed by atoms with Crippen LogP contribution < -0.4 is 20.9 Å². The molecule has 12 heteroatoms. The van der Waals surface area contributed by atoms with Crippen LogP contribution in [0.2, 0.25) is 0 Å². The van der Waals surface area contributed by atoms with E-state index in [0.717, 1.165) is 12.0 Å². The molecule has 2 N–H and O–H groups in total. The monoisotopic (exact) mass is 493 g/mol. The number of hydrogen-bond acceptors (Lipinski definition) is 8. The molecule has 1 aromatic heterocycles. The van der Waals surface area contributed by atoms with Gasteiger partial charge < -0.3 is 14.0 Å². The van der Waals surface area contributed by atoms with Crippen LogP contribution in [-0.4, -0.2) is 41.4 Å². The van der Waals surface area contributed by atoms with Crippen LogP contribution in [0.5, 0.6) is 5.75 Å². The number of benzene rings is 1. The Kier molecular flexibility index (Phi) is 8.27. The summed E-state index contributed by atoms with van der Waals surface area (Å²) in [4.78, 5) is 37.8. The Morgan fingerprint density at radius 2 is 1.97 bits per heavy atom. The average molecular weight is 493 g/mol. The van der Waals surface area contributed by atoms with E-state index < -0.39 is 43.3 Å². The zero-order valence-electron chi connectivity index (χ0n) is 19.3. The van der Waals surface area contributed by atoms with Gasteiger partial charge in [-0.25, -0.2) is 9.36 Å². The maximum atomic E-state index is 13.5. The summed E-state index contributed by atoms with van der Waals surface area (Å²) in [6.07, 6.45) is 4.04. The van der Waals surface area contributed by atoms with Crippen molar-refractivity contribution in [3.63, 3.8) is 0 Å². The molecular formula is C22H28N3O8P. The highest BCUT2D eigenvalue weighted by molar-refractivity contribution is 7.52. The molecule has 4 atom stereocenters. The zero-order chi connectivity index (χ0) is 24.9. The lowest BCUT2D eigenvalue weighted by molar-refractivity contribution is -0.142. The fourth-order valence-corrected chi connectivity index (χ4v) is 4.67. The first kappa shape index (κ1) is 25.6. The van der Waals surface area contributed by atoms with Crippen molar-refractivity contribution in [1.29, 1.82) is 0 Å². The molecule has 0 spiro atoms. The number of nitrogens with one attached hydrogen (secondary N) is 2. The number of ether oxygens (including phenoxy) is 2. The zero-order valence-corrected chi connectivity index (χ0v) is 20.2. The molecule has 184 valence electrons. The van der Waals surface area contributed by atoms with Gasteiger partial charge in [-0.2, -0.15) is 5.09 Å². The van der Waals surface area contributed by atoms with E-state index in [1.54, 1.807) is 31.2 Å². The molecular weight excluding hydrogens is 465 g/mol. The van der Waals surface area contributed by atoms with Crippen LogP contribution in [0, 0.1) is 6.92 Å². The summed E-state index contributed by atoms with van der Waals surface area (Å²) in [6, 6.07) is 6.02. The fourth-order valence-electron chi connectivity index (χ4n) is 3.17. The summed E-state index contributed by atoms with van der Waals surface area (Å²) < 4.78 is 36.4. The van der Waals surface area contributed by atoms with E-state index in [4.69, 9.17) is 13.8 Å². The molecule has 0 amide bonds. The van der Waals surface area contributed by atoms with Gasteiger partial charge in [0, 0.05) is 11.8 Å². The molecule has 0 radical (unpaired) electrons. The highest BCUT2D eigenvalue weighted by atomic mass is 31.2. The Labute approximate surface area is 196 Å². The predicted molar refractivity (Wildman–Crippen MR) is 124 cm³/mol. The fraction of sp³-hybridized carbons (Fsp3) is 0.409. The van der Waals surface area contributed by atoms with Crippen LogP contribution >= 0.6 is 7.75 Å². The largest absolute Gasteiger partial charge is 0.468 e. The molecule has 0 aliphatic carbocycles. The van der Waals surface area contributed by atoms with Gasteiger partial charge >= 0.3 is 19.4 Å². The Morgan fingerprint density at radius 1 is 1.26 bits per heavy atom. The molecule has 3 rings (SSSR count). The molecule has 2 heterocycles. The van der Waals surface area contributed by atoms with Gasteiger partial charge in [-0.3, -0.25) is 23.7 Å². The Balaban J connectivity index is 1.71. The summed E-state index contributed by atoms with van der Waals surface area (Å²) in [5.74, 6) is -0.347. The maximum Gasteiger partial charge on any atom is 0.459 e. The number of H-pyrrole nitrogens is 1. The first-order chi connectivity index (χ1) is 16.1. The predicted octanol–water partition coefficient (Wildman–Crippen LogP) is 2.22. The number of aromatic amines is 1. The Bertz CT molecular complexity index is 1200. The lowest BCUT2D eigenvalue weighted by Crippen LogP contribution is -2.35. The minimum atomic E-state index is -4.04. The third-order valence-electron chi connectivity index (χ3n) is 5.10. The van der Waals surface area contributed by atoms with E-state index in [1.807, 2.05) is 19.1 Å². The summed E-state index contributed by atoms with van der Waals surface area (Å²) in [5.41, 5.74) is 0.329. The highest BCUT2D eigenvalue weighted by Gasteiger charge is 2.34. The van der Waals surface area contributed by atoms with Crippen LogP contribution in [0.25, 0.3) is 0 Å². The van der Waals surface area contributed by atoms with E-state index in [9.17, 15) is 18.9 Å². The molecule has 2 unspecified atom stereocenters. The van der Waals surface area contributed by atoms with Crippen molar-refractivity contribution in [3.8, 4) is 5.75 Å². The number of rotatable bonds is 10. The van der Waals surface area contributed by atoms with E-state index >= 15 is 0 Å². The summed E-state index contributed by atoms with van der Waals surface area (Å²) >= 11 is 0. The van der Waals surface area contributed by atoms with Crippen LogP contribution in [0.4, 0.5) is 0 Å². The standard InChI is InChI=1S/C22H28N3O8P/c1-5-16-6-8-17(9-7-16)33-34(29,24-15(3)21(27)30-4)31-13-18-10-11-19(32-18)25-12-14(2)20(26)23-22(25)28/h6-12,15,18-19H,5,13H2,1-4H3,(H,24,29)(H,23,26,28)/t15?,18-,19+,34?/m0/s1. The number of esters is 1. The van der Waals surface area contributed by atoms with E-state index in [0.29, 0.717) is 11.3 Å². The lowest BCUT2D eigenvalue weighted by Gasteiger charge is -2.24. The second-order valence-corrected chi connectivity index (χ2v) is 9.38. The minimum Gasteiger partial charge on any atom is -0.468 e. The van der Waals surface area contributed by atoms with Gasteiger partial charge in [-0.05, 0) is 44.0 Å². The number of aromatic nitrogens is 2. The van der Waals surface area contributed by atoms with Crippen molar-refractivity contribution < 1.29 is 27.9 Å². The highest BCUT2D eigenvalue weighted by Crippen LogP contribution is 2.45. The first-order valence-electron chi connectivity index (χ1n) is 10.7. The van der Waals surface area contributed by atoms with E-state index in [-0.39, 0.29) is 6.61 Å². The lowest BCUT2D eigenvalue weighted by atomic mass is 10.2. The molecule has 0 saturated heterocycles. The molecule has 1 aliphatic rings. The Morgan fingerprint density at radius 3 is 2.62 bits per heavy atom. The van der Waals surface area contributed by atoms with Crippen LogP contribution in [0.1, 0.15) is 31.2 Å². The SMILES string of the molecule is CCc1ccc(OP(=O)(NC(C)C(=O)OC)OC[C@@H]2C=C[C@H](n3cc(C)c(=O)[nH]c3=O)O2)cc1. The van der Waals surface area contributed by atoms with Gasteiger partial charge in [0.15, 0.2) is 6.23 Å². The normalized spacial score (nSPS) is 20.0. The van der Waals surface area contributed by atoms with E-state index in [1.165, 1.54) is 24.8 Å². The maximum absolute atomic E-state index is 13.5. The van der Waals surface area contributed by atoms with Gasteiger partial charge in [-0.1, -0.05) is 25.1 Å². The quantitative estimate of drug-likeness (QED) is 0.290. The topological polar surface area (TPSA) is 138 Å². The molecule has 0 saturated carbocycles. The van der Waals surface area contributed by atoms with Gasteiger partial charge in [-0.15, -0.1) is 0 Å². The summed E-state index contributed by atoms with van der Waals surface area (Å²) in [5, 5.41) is 2.57. The molecule has 0 bridgehead atoms. The number of carbonyl (C=O) groups excluding carboxylic acids is 1. The van der Waals surface area contributed by atoms with Gasteiger partial charge in [0.05, 0.1) is 13.7 Å². The molecule has 2 aromatic rings. The molecule has 1 aromatic carbocycles. The number of nitrogens with zero attached hydrogens (tertiary/aromatic N) is 1. The molecule has 11 nitrogen and oxygen atoms in total. The average Bonchev–Trinajstić information content (AvgIpc) is 3.29.